The van der Waals surface area contributed by atoms with Gasteiger partial charge in [-0.2, -0.15) is 0 Å². The van der Waals surface area contributed by atoms with E-state index in [1.54, 1.807) is 24.8 Å². The van der Waals surface area contributed by atoms with Crippen molar-refractivity contribution in [2.24, 2.45) is 11.3 Å². The second-order valence-corrected chi connectivity index (χ2v) is 18.1. The van der Waals surface area contributed by atoms with Crippen LogP contribution < -0.4 is 14.8 Å². The second-order valence-electron chi connectivity index (χ2n) is 15.1. The molecule has 0 radical (unpaired) electrons. The maximum absolute atomic E-state index is 14.6. The Labute approximate surface area is 308 Å². The summed E-state index contributed by atoms with van der Waals surface area (Å²) in [6.07, 6.45) is 8.33. The van der Waals surface area contributed by atoms with E-state index in [1.807, 2.05) is 47.9 Å². The number of thiazole rings is 1. The summed E-state index contributed by atoms with van der Waals surface area (Å²) in [7, 11) is -3.92. The minimum absolute atomic E-state index is 0.116. The lowest BCUT2D eigenvalue weighted by atomic mass is 9.91. The fraction of sp³-hybridized carbons (Fsp3) is 0.487. The second kappa shape index (κ2) is 14.4. The molecule has 52 heavy (non-hydrogen) atoms. The van der Waals surface area contributed by atoms with Crippen molar-refractivity contribution in [3.05, 3.63) is 77.4 Å². The highest BCUT2D eigenvalue weighted by atomic mass is 32.2. The number of fused-ring (bicyclic) bond motifs is 2. The van der Waals surface area contributed by atoms with Crippen molar-refractivity contribution in [2.75, 3.05) is 11.9 Å². The van der Waals surface area contributed by atoms with Crippen molar-refractivity contribution in [2.45, 2.75) is 101 Å². The molecule has 10 nitrogen and oxygen atoms in total. The van der Waals surface area contributed by atoms with Crippen LogP contribution in [0.1, 0.15) is 76.7 Å². The zero-order valence-corrected chi connectivity index (χ0v) is 31.1. The number of ether oxygens (including phenoxy) is 1. The highest BCUT2D eigenvalue weighted by Crippen LogP contribution is 2.57. The number of Topliss-reactive ketones (excluding diaryl/α,β-unsaturated/α-hetero) is 1. The number of rotatable bonds is 8. The number of carbonyl (C=O) groups excluding carboxylic acids is 3. The summed E-state index contributed by atoms with van der Waals surface area (Å²) >= 11 is 1.33. The van der Waals surface area contributed by atoms with Gasteiger partial charge in [0.05, 0.1) is 28.4 Å². The highest BCUT2D eigenvalue weighted by molar-refractivity contribution is 7.91. The summed E-state index contributed by atoms with van der Waals surface area (Å²) in [4.78, 5) is 49.1. The molecule has 2 aliphatic heterocycles. The predicted molar refractivity (Wildman–Crippen MR) is 198 cm³/mol. The molecule has 13 heteroatoms. The van der Waals surface area contributed by atoms with Crippen LogP contribution in [0, 0.1) is 24.1 Å². The van der Waals surface area contributed by atoms with Gasteiger partial charge in [-0.05, 0) is 82.1 Å². The fourth-order valence-corrected chi connectivity index (χ4v) is 9.58. The molecule has 2 saturated carbocycles. The molecule has 2 aromatic carbocycles. The van der Waals surface area contributed by atoms with E-state index >= 15 is 0 Å². The molecule has 3 heterocycles. The average Bonchev–Trinajstić information content (AvgIpc) is 3.89. The predicted octanol–water partition coefficient (Wildman–Crippen LogP) is 6.57. The van der Waals surface area contributed by atoms with Gasteiger partial charge < -0.3 is 15.0 Å². The Hall–Kier alpha value is -4.10. The van der Waals surface area contributed by atoms with Crippen LogP contribution in [0.25, 0.3) is 11.3 Å². The van der Waals surface area contributed by atoms with Gasteiger partial charge in [-0.1, -0.05) is 66.7 Å². The van der Waals surface area contributed by atoms with Crippen molar-refractivity contribution in [1.82, 2.24) is 14.6 Å². The van der Waals surface area contributed by atoms with Gasteiger partial charge in [0.25, 0.3) is 5.19 Å². The minimum atomic E-state index is -3.92. The smallest absolute Gasteiger partial charge is 0.274 e. The summed E-state index contributed by atoms with van der Waals surface area (Å²) in [6, 6.07) is 12.6. The maximum atomic E-state index is 14.6. The number of amides is 2. The van der Waals surface area contributed by atoms with E-state index in [1.165, 1.54) is 23.5 Å². The topological polar surface area (TPSA) is 135 Å². The van der Waals surface area contributed by atoms with E-state index in [9.17, 15) is 27.2 Å². The lowest BCUT2D eigenvalue weighted by Gasteiger charge is -2.30. The average molecular weight is 749 g/mol. The zero-order valence-electron chi connectivity index (χ0n) is 29.5. The molecule has 1 saturated heterocycles. The van der Waals surface area contributed by atoms with Crippen molar-refractivity contribution in [3.63, 3.8) is 0 Å². The van der Waals surface area contributed by atoms with Gasteiger partial charge in [0.15, 0.2) is 5.78 Å². The summed E-state index contributed by atoms with van der Waals surface area (Å²) < 4.78 is 48.4. The molecule has 2 amide bonds. The van der Waals surface area contributed by atoms with Crippen LogP contribution in [0.15, 0.2) is 66.1 Å². The number of halogens is 1. The molecular weight excluding hydrogens is 704 g/mol. The number of aryl methyl sites for hydroxylation is 1. The maximum Gasteiger partial charge on any atom is 0.274 e. The number of allylic oxidation sites excluding steroid dienone is 2. The van der Waals surface area contributed by atoms with Gasteiger partial charge in [-0.15, -0.1) is 0 Å². The fourth-order valence-electron chi connectivity index (χ4n) is 7.50. The summed E-state index contributed by atoms with van der Waals surface area (Å²) in [5.41, 5.74) is 1.65. The van der Waals surface area contributed by atoms with Crippen molar-refractivity contribution in [1.29, 1.82) is 0 Å². The number of aromatic nitrogens is 1. The number of anilines is 1. The van der Waals surface area contributed by atoms with Crippen molar-refractivity contribution < 1.29 is 31.9 Å². The standard InChI is InChI=1S/C39H45FN4O6S2/c1-25-17-28(40)19-29(18-25)41-31-14-10-5-3-4-9-13-27-21-39(27,36(47)43-52(48,49)38(2)15-16-38)22-34(45)33-20-30(23-44(33)35(31)46)50-37-42-32(24-51-37)26-11-7-6-8-12-26/h6-9,11-13,17-19,24,27,30-31,33,41H,3-5,10,14-16,20-23H2,1-2H3,(H,43,47)/b13-9-/t27-,30+,31-,33-,39+/m0/s1. The van der Waals surface area contributed by atoms with E-state index in [2.05, 4.69) is 15.0 Å². The summed E-state index contributed by atoms with van der Waals surface area (Å²) in [6.45, 7) is 3.52. The lowest BCUT2D eigenvalue weighted by Crippen LogP contribution is -2.49. The van der Waals surface area contributed by atoms with E-state index < -0.39 is 50.1 Å². The first-order valence-electron chi connectivity index (χ1n) is 18.1. The van der Waals surface area contributed by atoms with E-state index in [0.29, 0.717) is 42.1 Å². The summed E-state index contributed by atoms with van der Waals surface area (Å²) in [5.74, 6) is -1.99. The van der Waals surface area contributed by atoms with E-state index in [-0.39, 0.29) is 37.0 Å². The quantitative estimate of drug-likeness (QED) is 0.247. The molecule has 3 fully saturated rings. The van der Waals surface area contributed by atoms with Crippen molar-refractivity contribution in [3.8, 4) is 16.5 Å². The van der Waals surface area contributed by atoms with Crippen LogP contribution in [0.2, 0.25) is 0 Å². The number of carbonyl (C=O) groups is 3. The molecule has 1 aromatic heterocycles. The van der Waals surface area contributed by atoms with Gasteiger partial charge in [0.1, 0.15) is 18.0 Å². The Morgan fingerprint density at radius 2 is 1.88 bits per heavy atom. The van der Waals surface area contributed by atoms with E-state index in [4.69, 9.17) is 4.74 Å². The number of ketones is 1. The molecule has 4 aliphatic rings. The molecule has 2 N–H and O–H groups in total. The molecule has 0 bridgehead atoms. The molecular formula is C39H45FN4O6S2. The van der Waals surface area contributed by atoms with Gasteiger partial charge in [0, 0.05) is 29.5 Å². The van der Waals surface area contributed by atoms with Gasteiger partial charge in [-0.25, -0.2) is 17.8 Å². The monoisotopic (exact) mass is 748 g/mol. The Balaban J connectivity index is 1.18. The summed E-state index contributed by atoms with van der Waals surface area (Å²) in [5, 5.41) is 5.58. The third-order valence-electron chi connectivity index (χ3n) is 11.1. The first-order chi connectivity index (χ1) is 24.9. The van der Waals surface area contributed by atoms with Crippen LogP contribution in [0.4, 0.5) is 10.1 Å². The van der Waals surface area contributed by atoms with Crippen LogP contribution in [-0.2, 0) is 24.4 Å². The SMILES string of the molecule is Cc1cc(F)cc(N[C@H]2CCCCC/C=C\[C@H]3C[C@@]3(C(=O)NS(=O)(=O)C3(C)CC3)CC(=O)[C@@H]3C[C@@H](Oc4nc(-c5ccccc5)cs4)CN3C2=O)c1. The molecule has 7 rings (SSSR count). The van der Waals surface area contributed by atoms with E-state index in [0.717, 1.165) is 36.9 Å². The van der Waals surface area contributed by atoms with Gasteiger partial charge in [-0.3, -0.25) is 19.1 Å². The minimum Gasteiger partial charge on any atom is -0.465 e. The van der Waals surface area contributed by atoms with Crippen LogP contribution >= 0.6 is 11.3 Å². The number of nitrogens with zero attached hydrogens (tertiary/aromatic N) is 2. The third kappa shape index (κ3) is 7.66. The van der Waals surface area contributed by atoms with Crippen LogP contribution in [0.5, 0.6) is 5.19 Å². The molecule has 276 valence electrons. The molecule has 0 unspecified atom stereocenters. The largest absolute Gasteiger partial charge is 0.465 e. The Kier molecular flexibility index (Phi) is 10.0. The Bertz CT molecular complexity index is 1960. The normalized spacial score (nSPS) is 28.1. The van der Waals surface area contributed by atoms with Crippen LogP contribution in [0.3, 0.4) is 0 Å². The van der Waals surface area contributed by atoms with Crippen molar-refractivity contribution >= 4 is 44.6 Å². The molecule has 3 aromatic rings. The number of hydrogen-bond acceptors (Lipinski definition) is 9. The number of hydrogen-bond donors (Lipinski definition) is 2. The van der Waals surface area contributed by atoms with Gasteiger partial charge in [0.2, 0.25) is 21.8 Å². The highest BCUT2D eigenvalue weighted by Gasteiger charge is 2.62. The molecule has 2 aliphatic carbocycles. The third-order valence-corrected chi connectivity index (χ3v) is 13.9. The lowest BCUT2D eigenvalue weighted by molar-refractivity contribution is -0.139. The first-order valence-corrected chi connectivity index (χ1v) is 20.5. The Morgan fingerprint density at radius 1 is 1.10 bits per heavy atom. The van der Waals surface area contributed by atoms with Crippen LogP contribution in [-0.4, -0.2) is 65.4 Å². The zero-order chi connectivity index (χ0) is 36.7. The molecule has 0 spiro atoms. The molecule has 5 atom stereocenters. The number of benzene rings is 2. The number of sulfonamides is 1. The number of nitrogens with one attached hydrogen (secondary N) is 2. The first kappa shape index (κ1) is 36.3. The van der Waals surface area contributed by atoms with Gasteiger partial charge >= 0.3 is 0 Å². The Morgan fingerprint density at radius 3 is 2.63 bits per heavy atom.